The molecular weight excluding hydrogens is 333 g/mol. The van der Waals surface area contributed by atoms with Crippen LogP contribution in [0.5, 0.6) is 0 Å². The molecule has 4 nitrogen and oxygen atoms in total. The highest BCUT2D eigenvalue weighted by Gasteiger charge is 2.21. The number of Topliss-reactive ketones (excluding diaryl/α,β-unsaturated/α-hetero) is 1. The average molecular weight is 350 g/mol. The van der Waals surface area contributed by atoms with Gasteiger partial charge in [0.2, 0.25) is 0 Å². The lowest BCUT2D eigenvalue weighted by Crippen LogP contribution is -2.43. The van der Waals surface area contributed by atoms with Crippen LogP contribution in [0.25, 0.3) is 0 Å². The largest absolute Gasteiger partial charge is 0.445 e. The van der Waals surface area contributed by atoms with Gasteiger partial charge < -0.3 is 10.1 Å². The van der Waals surface area contributed by atoms with E-state index in [1.54, 1.807) is 12.1 Å². The first kappa shape index (κ1) is 17.9. The summed E-state index contributed by atoms with van der Waals surface area (Å²) in [7, 11) is 0. The molecule has 0 saturated carbocycles. The van der Waals surface area contributed by atoms with Crippen LogP contribution in [0, 0.1) is 5.82 Å². The fraction of sp³-hybridized carbons (Fsp3) is 0.222. The molecule has 0 bridgehead atoms. The maximum Gasteiger partial charge on any atom is 0.408 e. The molecule has 0 saturated heterocycles. The number of amides is 1. The van der Waals surface area contributed by atoms with E-state index in [9.17, 15) is 14.0 Å². The van der Waals surface area contributed by atoms with Crippen molar-refractivity contribution >= 4 is 23.5 Å². The maximum atomic E-state index is 12.9. The third-order valence-corrected chi connectivity index (χ3v) is 3.64. The SMILES string of the molecule is O=C(N[C@@H](Cc1ccc(F)cc1)C(=O)CCl)OCc1ccccc1. The molecule has 126 valence electrons. The number of halogens is 2. The molecule has 6 heteroatoms. The molecule has 1 amide bonds. The van der Waals surface area contributed by atoms with E-state index < -0.39 is 12.1 Å². The van der Waals surface area contributed by atoms with Crippen LogP contribution in [0.3, 0.4) is 0 Å². The zero-order valence-corrected chi connectivity index (χ0v) is 13.6. The van der Waals surface area contributed by atoms with Gasteiger partial charge >= 0.3 is 6.09 Å². The fourth-order valence-corrected chi connectivity index (χ4v) is 2.29. The smallest absolute Gasteiger partial charge is 0.408 e. The van der Waals surface area contributed by atoms with Gasteiger partial charge in [-0.05, 0) is 29.7 Å². The van der Waals surface area contributed by atoms with E-state index in [1.165, 1.54) is 12.1 Å². The first-order chi connectivity index (χ1) is 11.6. The van der Waals surface area contributed by atoms with Crippen molar-refractivity contribution in [3.63, 3.8) is 0 Å². The Bertz CT molecular complexity index is 676. The molecule has 1 atom stereocenters. The van der Waals surface area contributed by atoms with Gasteiger partial charge in [-0.25, -0.2) is 9.18 Å². The van der Waals surface area contributed by atoms with Crippen molar-refractivity contribution in [2.24, 2.45) is 0 Å². The minimum absolute atomic E-state index is 0.102. The van der Waals surface area contributed by atoms with Crippen LogP contribution < -0.4 is 5.32 Å². The number of rotatable bonds is 7. The summed E-state index contributed by atoms with van der Waals surface area (Å²) in [6.45, 7) is 0.102. The predicted molar refractivity (Wildman–Crippen MR) is 89.4 cm³/mol. The molecule has 2 aromatic rings. The quantitative estimate of drug-likeness (QED) is 0.779. The minimum Gasteiger partial charge on any atom is -0.445 e. The van der Waals surface area contributed by atoms with Gasteiger partial charge in [-0.2, -0.15) is 0 Å². The summed E-state index contributed by atoms with van der Waals surface area (Å²) in [5, 5.41) is 2.51. The van der Waals surface area contributed by atoms with Crippen LogP contribution in [0.1, 0.15) is 11.1 Å². The van der Waals surface area contributed by atoms with E-state index in [0.29, 0.717) is 5.56 Å². The molecule has 0 aliphatic heterocycles. The first-order valence-electron chi connectivity index (χ1n) is 7.39. The van der Waals surface area contributed by atoms with Crippen molar-refractivity contribution in [2.75, 3.05) is 5.88 Å². The van der Waals surface area contributed by atoms with Crippen LogP contribution in [-0.4, -0.2) is 23.8 Å². The van der Waals surface area contributed by atoms with E-state index in [2.05, 4.69) is 5.32 Å². The van der Waals surface area contributed by atoms with Crippen LogP contribution in [0.2, 0.25) is 0 Å². The number of ketones is 1. The minimum atomic E-state index is -0.823. The Hall–Kier alpha value is -2.40. The van der Waals surface area contributed by atoms with Crippen molar-refractivity contribution < 1.29 is 18.7 Å². The summed E-state index contributed by atoms with van der Waals surface area (Å²) in [4.78, 5) is 23.8. The summed E-state index contributed by atoms with van der Waals surface area (Å²) in [6, 6.07) is 14.1. The molecule has 0 aromatic heterocycles. The number of alkyl halides is 1. The van der Waals surface area contributed by atoms with Gasteiger partial charge in [-0.15, -0.1) is 11.6 Å². The number of hydrogen-bond donors (Lipinski definition) is 1. The van der Waals surface area contributed by atoms with Crippen LogP contribution in [-0.2, 0) is 22.6 Å². The van der Waals surface area contributed by atoms with Gasteiger partial charge in [-0.1, -0.05) is 42.5 Å². The van der Waals surface area contributed by atoms with Gasteiger partial charge in [0, 0.05) is 0 Å². The second-order valence-corrected chi connectivity index (χ2v) is 5.46. The van der Waals surface area contributed by atoms with Gasteiger partial charge in [0.25, 0.3) is 0 Å². The lowest BCUT2D eigenvalue weighted by Gasteiger charge is -2.17. The number of ether oxygens (including phenoxy) is 1. The number of benzene rings is 2. The molecule has 0 aliphatic carbocycles. The summed E-state index contributed by atoms with van der Waals surface area (Å²) < 4.78 is 18.0. The Kier molecular flexibility index (Phi) is 6.75. The molecule has 2 rings (SSSR count). The van der Waals surface area contributed by atoms with Gasteiger partial charge in [-0.3, -0.25) is 4.79 Å². The van der Waals surface area contributed by atoms with E-state index in [-0.39, 0.29) is 30.5 Å². The van der Waals surface area contributed by atoms with E-state index in [4.69, 9.17) is 16.3 Å². The Morgan fingerprint density at radius 3 is 2.33 bits per heavy atom. The van der Waals surface area contributed by atoms with E-state index in [1.807, 2.05) is 30.3 Å². The van der Waals surface area contributed by atoms with Gasteiger partial charge in [0.15, 0.2) is 5.78 Å². The van der Waals surface area contributed by atoms with E-state index in [0.717, 1.165) is 5.56 Å². The van der Waals surface area contributed by atoms with Gasteiger partial charge in [0.1, 0.15) is 12.4 Å². The van der Waals surface area contributed by atoms with Crippen molar-refractivity contribution in [1.29, 1.82) is 0 Å². The summed E-state index contributed by atoms with van der Waals surface area (Å²) in [5.74, 6) is -0.933. The molecule has 24 heavy (non-hydrogen) atoms. The second-order valence-electron chi connectivity index (χ2n) is 5.19. The summed E-state index contributed by atoms with van der Waals surface area (Å²) in [5.41, 5.74) is 1.55. The van der Waals surface area contributed by atoms with E-state index >= 15 is 0 Å². The Morgan fingerprint density at radius 2 is 1.71 bits per heavy atom. The zero-order valence-electron chi connectivity index (χ0n) is 12.9. The highest BCUT2D eigenvalue weighted by Crippen LogP contribution is 2.08. The third-order valence-electron chi connectivity index (χ3n) is 3.38. The van der Waals surface area contributed by atoms with Crippen molar-refractivity contribution in [3.05, 3.63) is 71.5 Å². The number of alkyl carbamates (subject to hydrolysis) is 1. The van der Waals surface area contributed by atoms with Crippen LogP contribution >= 0.6 is 11.6 Å². The molecule has 1 N–H and O–H groups in total. The molecule has 2 aromatic carbocycles. The lowest BCUT2D eigenvalue weighted by molar-refractivity contribution is -0.118. The Morgan fingerprint density at radius 1 is 1.04 bits per heavy atom. The molecule has 0 aliphatic rings. The number of hydrogen-bond acceptors (Lipinski definition) is 3. The number of carbonyl (C=O) groups is 2. The van der Waals surface area contributed by atoms with Crippen molar-refractivity contribution in [1.82, 2.24) is 5.32 Å². The fourth-order valence-electron chi connectivity index (χ4n) is 2.10. The third kappa shape index (κ3) is 5.66. The summed E-state index contributed by atoms with van der Waals surface area (Å²) >= 11 is 5.59. The monoisotopic (exact) mass is 349 g/mol. The van der Waals surface area contributed by atoms with Crippen LogP contribution in [0.4, 0.5) is 9.18 Å². The van der Waals surface area contributed by atoms with Gasteiger partial charge in [0.05, 0.1) is 11.9 Å². The molecule has 0 unspecified atom stereocenters. The maximum absolute atomic E-state index is 12.9. The molecule has 0 heterocycles. The standard InChI is InChI=1S/C18H17ClFNO3/c19-11-17(22)16(10-13-6-8-15(20)9-7-13)21-18(23)24-12-14-4-2-1-3-5-14/h1-9,16H,10-12H2,(H,21,23)/t16-/m0/s1. The average Bonchev–Trinajstić information content (AvgIpc) is 2.61. The molecule has 0 spiro atoms. The number of carbonyl (C=O) groups excluding carboxylic acids is 2. The summed E-state index contributed by atoms with van der Waals surface area (Å²) in [6.07, 6.45) is -0.490. The predicted octanol–water partition coefficient (Wildman–Crippen LogP) is 3.47. The molecular formula is C18H17ClFNO3. The zero-order chi connectivity index (χ0) is 17.4. The topological polar surface area (TPSA) is 55.4 Å². The lowest BCUT2D eigenvalue weighted by atomic mass is 10.0. The van der Waals surface area contributed by atoms with Crippen LogP contribution in [0.15, 0.2) is 54.6 Å². The molecule has 0 radical (unpaired) electrons. The normalized spacial score (nSPS) is 11.6. The molecule has 0 fully saturated rings. The highest BCUT2D eigenvalue weighted by atomic mass is 35.5. The Labute approximate surface area is 144 Å². The Balaban J connectivity index is 1.93. The van der Waals surface area contributed by atoms with Crippen molar-refractivity contribution in [3.8, 4) is 0 Å². The highest BCUT2D eigenvalue weighted by molar-refractivity contribution is 6.28. The van der Waals surface area contributed by atoms with Crippen molar-refractivity contribution in [2.45, 2.75) is 19.1 Å². The second kappa shape index (κ2) is 9.03. The number of nitrogens with one attached hydrogen (secondary N) is 1. The first-order valence-corrected chi connectivity index (χ1v) is 7.92.